The molecule has 4 aromatic rings. The third kappa shape index (κ3) is 3.83. The number of hydrogen-bond acceptors (Lipinski definition) is 4. The highest BCUT2D eigenvalue weighted by molar-refractivity contribution is 5.88. The number of phenols is 1. The highest BCUT2D eigenvalue weighted by atomic mass is 16.5. The maximum Gasteiger partial charge on any atom is 0.294 e. The topological polar surface area (TPSA) is 71.6 Å². The first-order chi connectivity index (χ1) is 13.7. The van der Waals surface area contributed by atoms with Crippen LogP contribution in [0, 0.1) is 0 Å². The van der Waals surface area contributed by atoms with Gasteiger partial charge in [-0.2, -0.15) is 0 Å². The van der Waals surface area contributed by atoms with E-state index in [1.54, 1.807) is 12.1 Å². The number of H-pyrrole nitrogens is 1. The first-order valence-electron chi connectivity index (χ1n) is 8.93. The number of fused-ring (bicyclic) bond motifs is 1. The van der Waals surface area contributed by atoms with Gasteiger partial charge in [0.1, 0.15) is 19.0 Å². The molecule has 0 spiro atoms. The zero-order chi connectivity index (χ0) is 19.3. The van der Waals surface area contributed by atoms with E-state index in [0.717, 1.165) is 11.1 Å². The first kappa shape index (κ1) is 17.7. The van der Waals surface area contributed by atoms with E-state index >= 15 is 0 Å². The summed E-state index contributed by atoms with van der Waals surface area (Å²) >= 11 is 0. The van der Waals surface area contributed by atoms with Crippen molar-refractivity contribution in [3.05, 3.63) is 100 Å². The Morgan fingerprint density at radius 2 is 1.32 bits per heavy atom. The summed E-state index contributed by atoms with van der Waals surface area (Å²) in [7, 11) is 0. The van der Waals surface area contributed by atoms with E-state index in [-0.39, 0.29) is 18.1 Å². The van der Waals surface area contributed by atoms with Crippen LogP contribution in [0.5, 0.6) is 17.2 Å². The van der Waals surface area contributed by atoms with E-state index in [9.17, 15) is 9.90 Å². The van der Waals surface area contributed by atoms with E-state index in [4.69, 9.17) is 9.47 Å². The van der Waals surface area contributed by atoms with Crippen LogP contribution in [0.15, 0.2) is 83.7 Å². The third-order valence-corrected chi connectivity index (χ3v) is 4.36. The molecule has 3 aromatic carbocycles. The molecule has 0 saturated carbocycles. The summed E-state index contributed by atoms with van der Waals surface area (Å²) < 4.78 is 11.9. The van der Waals surface area contributed by atoms with Gasteiger partial charge in [0.2, 0.25) is 5.75 Å². The van der Waals surface area contributed by atoms with Crippen molar-refractivity contribution < 1.29 is 14.6 Å². The van der Waals surface area contributed by atoms with Crippen LogP contribution in [0.25, 0.3) is 10.9 Å². The standard InChI is InChI=1S/C23H19NO4/c25-18-11-12-19-20(13-18)24-23(26)22(28-15-17-9-5-2-6-10-17)21(19)27-14-16-7-3-1-4-8-16/h1-13,25H,14-15H2,(H,24,26). The lowest BCUT2D eigenvalue weighted by Crippen LogP contribution is -2.14. The monoisotopic (exact) mass is 373 g/mol. The zero-order valence-corrected chi connectivity index (χ0v) is 15.1. The molecule has 140 valence electrons. The van der Waals surface area contributed by atoms with Crippen molar-refractivity contribution in [1.82, 2.24) is 4.98 Å². The molecule has 0 aliphatic carbocycles. The minimum Gasteiger partial charge on any atom is -0.508 e. The van der Waals surface area contributed by atoms with Gasteiger partial charge < -0.3 is 19.6 Å². The number of rotatable bonds is 6. The van der Waals surface area contributed by atoms with Crippen LogP contribution < -0.4 is 15.0 Å². The summed E-state index contributed by atoms with van der Waals surface area (Å²) in [5, 5.41) is 10.4. The molecule has 2 N–H and O–H groups in total. The van der Waals surface area contributed by atoms with Gasteiger partial charge in [-0.25, -0.2) is 0 Å². The van der Waals surface area contributed by atoms with Crippen molar-refractivity contribution >= 4 is 10.9 Å². The number of benzene rings is 3. The molecule has 0 saturated heterocycles. The van der Waals surface area contributed by atoms with Crippen LogP contribution in [-0.4, -0.2) is 10.1 Å². The normalized spacial score (nSPS) is 10.7. The number of aromatic amines is 1. The Kier molecular flexibility index (Phi) is 4.97. The molecule has 28 heavy (non-hydrogen) atoms. The Morgan fingerprint density at radius 1 is 0.750 bits per heavy atom. The smallest absolute Gasteiger partial charge is 0.294 e. The van der Waals surface area contributed by atoms with Gasteiger partial charge in [0.15, 0.2) is 5.75 Å². The number of aromatic hydroxyl groups is 1. The minimum atomic E-state index is -0.405. The van der Waals surface area contributed by atoms with Crippen molar-refractivity contribution in [3.8, 4) is 17.2 Å². The largest absolute Gasteiger partial charge is 0.508 e. The maximum absolute atomic E-state index is 12.7. The lowest BCUT2D eigenvalue weighted by molar-refractivity contribution is 0.255. The zero-order valence-electron chi connectivity index (χ0n) is 15.1. The Labute approximate surface area is 161 Å². The van der Waals surface area contributed by atoms with Crippen molar-refractivity contribution in [2.24, 2.45) is 0 Å². The molecule has 0 aliphatic rings. The van der Waals surface area contributed by atoms with Crippen LogP contribution in [-0.2, 0) is 13.2 Å². The average molecular weight is 373 g/mol. The molecule has 4 rings (SSSR count). The van der Waals surface area contributed by atoms with E-state index in [1.807, 2.05) is 60.7 Å². The van der Waals surface area contributed by atoms with Crippen LogP contribution >= 0.6 is 0 Å². The van der Waals surface area contributed by atoms with Crippen LogP contribution in [0.4, 0.5) is 0 Å². The summed E-state index contributed by atoms with van der Waals surface area (Å²) in [5.74, 6) is 0.548. The number of nitrogens with one attached hydrogen (secondary N) is 1. The second kappa shape index (κ2) is 7.88. The van der Waals surface area contributed by atoms with Gasteiger partial charge >= 0.3 is 0 Å². The van der Waals surface area contributed by atoms with Gasteiger partial charge in [0, 0.05) is 11.5 Å². The minimum absolute atomic E-state index is 0.0649. The molecule has 5 heteroatoms. The van der Waals surface area contributed by atoms with Crippen LogP contribution in [0.2, 0.25) is 0 Å². The Balaban J connectivity index is 1.72. The Bertz CT molecular complexity index is 1140. The lowest BCUT2D eigenvalue weighted by Gasteiger charge is -2.15. The van der Waals surface area contributed by atoms with Crippen molar-refractivity contribution in [2.45, 2.75) is 13.2 Å². The van der Waals surface area contributed by atoms with Crippen molar-refractivity contribution in [3.63, 3.8) is 0 Å². The van der Waals surface area contributed by atoms with Gasteiger partial charge in [-0.05, 0) is 23.3 Å². The van der Waals surface area contributed by atoms with Gasteiger partial charge in [-0.1, -0.05) is 60.7 Å². The molecule has 1 aromatic heterocycles. The summed E-state index contributed by atoms with van der Waals surface area (Å²) in [5.41, 5.74) is 2.00. The number of aromatic nitrogens is 1. The van der Waals surface area contributed by atoms with Gasteiger partial charge in [-0.3, -0.25) is 4.79 Å². The van der Waals surface area contributed by atoms with E-state index in [0.29, 0.717) is 23.3 Å². The summed E-state index contributed by atoms with van der Waals surface area (Å²) in [6, 6.07) is 24.1. The second-order valence-electron chi connectivity index (χ2n) is 6.39. The SMILES string of the molecule is O=c1[nH]c2cc(O)ccc2c(OCc2ccccc2)c1OCc1ccccc1. The lowest BCUT2D eigenvalue weighted by atomic mass is 10.1. The molecule has 0 radical (unpaired) electrons. The maximum atomic E-state index is 12.7. The second-order valence-corrected chi connectivity index (χ2v) is 6.39. The van der Waals surface area contributed by atoms with Crippen molar-refractivity contribution in [2.75, 3.05) is 0 Å². The predicted molar refractivity (Wildman–Crippen MR) is 108 cm³/mol. The highest BCUT2D eigenvalue weighted by Gasteiger charge is 2.17. The molecule has 0 aliphatic heterocycles. The third-order valence-electron chi connectivity index (χ3n) is 4.36. The number of pyridine rings is 1. The fourth-order valence-corrected chi connectivity index (χ4v) is 2.97. The number of hydrogen-bond donors (Lipinski definition) is 2. The highest BCUT2D eigenvalue weighted by Crippen LogP contribution is 2.34. The first-order valence-corrected chi connectivity index (χ1v) is 8.93. The van der Waals surface area contributed by atoms with Crippen LogP contribution in [0.1, 0.15) is 11.1 Å². The Morgan fingerprint density at radius 3 is 1.93 bits per heavy atom. The molecule has 0 fully saturated rings. The number of ether oxygens (including phenoxy) is 2. The summed E-state index contributed by atoms with van der Waals surface area (Å²) in [4.78, 5) is 15.4. The predicted octanol–water partition coefficient (Wildman–Crippen LogP) is 4.39. The summed E-state index contributed by atoms with van der Waals surface area (Å²) in [6.45, 7) is 0.539. The molecule has 1 heterocycles. The molecule has 5 nitrogen and oxygen atoms in total. The van der Waals surface area contributed by atoms with Gasteiger partial charge in [-0.15, -0.1) is 0 Å². The molecular formula is C23H19NO4. The Hall–Kier alpha value is -3.73. The molecule has 0 bridgehead atoms. The van der Waals surface area contributed by atoms with E-state index in [2.05, 4.69) is 4.98 Å². The van der Waals surface area contributed by atoms with Crippen LogP contribution in [0.3, 0.4) is 0 Å². The average Bonchev–Trinajstić information content (AvgIpc) is 2.72. The quantitative estimate of drug-likeness (QED) is 0.526. The number of phenolic OH excluding ortho intramolecular Hbond substituents is 1. The fraction of sp³-hybridized carbons (Fsp3) is 0.0870. The molecular weight excluding hydrogens is 354 g/mol. The van der Waals surface area contributed by atoms with Crippen molar-refractivity contribution in [1.29, 1.82) is 0 Å². The van der Waals surface area contributed by atoms with Gasteiger partial charge in [0.25, 0.3) is 5.56 Å². The summed E-state index contributed by atoms with van der Waals surface area (Å²) in [6.07, 6.45) is 0. The fourth-order valence-electron chi connectivity index (χ4n) is 2.97. The van der Waals surface area contributed by atoms with E-state index in [1.165, 1.54) is 6.07 Å². The molecule has 0 atom stereocenters. The molecule has 0 unspecified atom stereocenters. The molecule has 0 amide bonds. The van der Waals surface area contributed by atoms with Gasteiger partial charge in [0.05, 0.1) is 5.52 Å². The van der Waals surface area contributed by atoms with E-state index < -0.39 is 5.56 Å².